The zero-order valence-electron chi connectivity index (χ0n) is 11.3. The molecule has 0 aliphatic heterocycles. The van der Waals surface area contributed by atoms with Crippen LogP contribution in [0.25, 0.3) is 0 Å². The lowest BCUT2D eigenvalue weighted by molar-refractivity contribution is -0.122. The fraction of sp³-hybridized carbons (Fsp3) is 0.357. The number of ether oxygens (including phenoxy) is 1. The van der Waals surface area contributed by atoms with Gasteiger partial charge < -0.3 is 10.1 Å². The van der Waals surface area contributed by atoms with Crippen molar-refractivity contribution in [2.45, 2.75) is 32.0 Å². The molecule has 1 fully saturated rings. The lowest BCUT2D eigenvalue weighted by atomic mass is 10.3. The molecule has 0 spiro atoms. The van der Waals surface area contributed by atoms with E-state index in [1.165, 1.54) is 16.8 Å². The molecule has 1 heterocycles. The van der Waals surface area contributed by atoms with Crippen molar-refractivity contribution in [2.75, 3.05) is 0 Å². The van der Waals surface area contributed by atoms with Gasteiger partial charge >= 0.3 is 0 Å². The van der Waals surface area contributed by atoms with Crippen molar-refractivity contribution >= 4 is 5.91 Å². The Kier molecular flexibility index (Phi) is 3.81. The molecule has 0 unspecified atom stereocenters. The number of carbonyl (C=O) groups is 1. The lowest BCUT2D eigenvalue weighted by Crippen LogP contribution is -2.29. The van der Waals surface area contributed by atoms with Gasteiger partial charge in [0.15, 0.2) is 0 Å². The Morgan fingerprint density at radius 1 is 1.38 bits per heavy atom. The molecule has 1 aromatic heterocycles. The Morgan fingerprint density at radius 2 is 2.14 bits per heavy atom. The molecule has 0 atom stereocenters. The van der Waals surface area contributed by atoms with E-state index in [9.17, 15) is 9.18 Å². The monoisotopic (exact) mass is 290 g/mol. The molecule has 0 radical (unpaired) electrons. The predicted molar refractivity (Wildman–Crippen MR) is 71.9 cm³/mol. The zero-order valence-corrected chi connectivity index (χ0v) is 11.3. The normalized spacial score (nSPS) is 14.0. The van der Waals surface area contributed by atoms with Crippen LogP contribution < -0.4 is 10.1 Å². The second-order valence-corrected chi connectivity index (χ2v) is 4.99. The van der Waals surface area contributed by atoms with Gasteiger partial charge in [0.05, 0.1) is 6.20 Å². The summed E-state index contributed by atoms with van der Waals surface area (Å²) in [6.45, 7) is 0.371. The van der Waals surface area contributed by atoms with Gasteiger partial charge in [-0.25, -0.2) is 9.07 Å². The van der Waals surface area contributed by atoms with Crippen molar-refractivity contribution in [3.8, 4) is 5.75 Å². The molecule has 0 bridgehead atoms. The van der Waals surface area contributed by atoms with E-state index < -0.39 is 0 Å². The molecule has 1 saturated carbocycles. The second-order valence-electron chi connectivity index (χ2n) is 4.99. The van der Waals surface area contributed by atoms with Gasteiger partial charge in [-0.2, -0.15) is 0 Å². The smallest absolute Gasteiger partial charge is 0.242 e. The van der Waals surface area contributed by atoms with Gasteiger partial charge in [0.25, 0.3) is 0 Å². The third kappa shape index (κ3) is 4.01. The number of amides is 1. The summed E-state index contributed by atoms with van der Waals surface area (Å²) in [5.41, 5.74) is 0.610. The van der Waals surface area contributed by atoms with E-state index in [4.69, 9.17) is 4.74 Å². The van der Waals surface area contributed by atoms with Crippen molar-refractivity contribution in [3.63, 3.8) is 0 Å². The van der Waals surface area contributed by atoms with Crippen LogP contribution in [0.2, 0.25) is 0 Å². The van der Waals surface area contributed by atoms with Crippen molar-refractivity contribution in [1.29, 1.82) is 0 Å². The van der Waals surface area contributed by atoms with Crippen LogP contribution in [0.1, 0.15) is 18.5 Å². The Hall–Kier alpha value is -2.44. The minimum Gasteiger partial charge on any atom is -0.487 e. The molecule has 1 aromatic carbocycles. The van der Waals surface area contributed by atoms with Crippen molar-refractivity contribution in [3.05, 3.63) is 42.0 Å². The molecular weight excluding hydrogens is 275 g/mol. The summed E-state index contributed by atoms with van der Waals surface area (Å²) in [6, 6.07) is 6.08. The first-order valence-corrected chi connectivity index (χ1v) is 6.76. The van der Waals surface area contributed by atoms with Gasteiger partial charge in [0, 0.05) is 6.04 Å². The number of carbonyl (C=O) groups excluding carboxylic acids is 1. The van der Waals surface area contributed by atoms with Crippen LogP contribution in [0.15, 0.2) is 30.5 Å². The quantitative estimate of drug-likeness (QED) is 0.870. The van der Waals surface area contributed by atoms with E-state index >= 15 is 0 Å². The number of rotatable bonds is 6. The number of halogens is 1. The zero-order chi connectivity index (χ0) is 14.7. The summed E-state index contributed by atoms with van der Waals surface area (Å²) in [5, 5.41) is 10.7. The highest BCUT2D eigenvalue weighted by Gasteiger charge is 2.23. The first-order valence-electron chi connectivity index (χ1n) is 6.76. The van der Waals surface area contributed by atoms with Crippen LogP contribution in [0.4, 0.5) is 4.39 Å². The molecule has 6 nitrogen and oxygen atoms in total. The highest BCUT2D eigenvalue weighted by molar-refractivity contribution is 5.76. The number of aromatic nitrogens is 3. The average Bonchev–Trinajstić information content (AvgIpc) is 3.16. The molecule has 110 valence electrons. The summed E-state index contributed by atoms with van der Waals surface area (Å²) in [4.78, 5) is 11.6. The second kappa shape index (κ2) is 5.90. The fourth-order valence-corrected chi connectivity index (χ4v) is 1.82. The summed E-state index contributed by atoms with van der Waals surface area (Å²) >= 11 is 0. The van der Waals surface area contributed by atoms with E-state index in [1.807, 2.05) is 0 Å². The van der Waals surface area contributed by atoms with Crippen LogP contribution in [-0.4, -0.2) is 26.9 Å². The molecule has 21 heavy (non-hydrogen) atoms. The van der Waals surface area contributed by atoms with Crippen molar-refractivity contribution in [2.24, 2.45) is 0 Å². The Morgan fingerprint density at radius 3 is 2.86 bits per heavy atom. The maximum Gasteiger partial charge on any atom is 0.242 e. The third-order valence-electron chi connectivity index (χ3n) is 3.03. The van der Waals surface area contributed by atoms with Gasteiger partial charge in [-0.1, -0.05) is 5.21 Å². The minimum atomic E-state index is -0.310. The summed E-state index contributed by atoms with van der Waals surface area (Å²) < 4.78 is 19.7. The van der Waals surface area contributed by atoms with E-state index in [0.29, 0.717) is 17.5 Å². The van der Waals surface area contributed by atoms with E-state index in [0.717, 1.165) is 12.8 Å². The molecule has 1 aliphatic rings. The van der Waals surface area contributed by atoms with Gasteiger partial charge in [-0.3, -0.25) is 4.79 Å². The maximum absolute atomic E-state index is 12.8. The third-order valence-corrected chi connectivity index (χ3v) is 3.03. The highest BCUT2D eigenvalue weighted by Crippen LogP contribution is 2.18. The van der Waals surface area contributed by atoms with Crippen LogP contribution in [0, 0.1) is 5.82 Å². The van der Waals surface area contributed by atoms with Gasteiger partial charge in [0.1, 0.15) is 30.4 Å². The molecule has 1 amide bonds. The molecular formula is C14H15FN4O2. The Labute approximate surface area is 120 Å². The van der Waals surface area contributed by atoms with Crippen LogP contribution in [-0.2, 0) is 17.9 Å². The van der Waals surface area contributed by atoms with Crippen molar-refractivity contribution < 1.29 is 13.9 Å². The molecule has 1 N–H and O–H groups in total. The van der Waals surface area contributed by atoms with Crippen LogP contribution >= 0.6 is 0 Å². The lowest BCUT2D eigenvalue weighted by Gasteiger charge is -2.03. The number of benzene rings is 1. The Bertz CT molecular complexity index is 622. The minimum absolute atomic E-state index is 0.0617. The van der Waals surface area contributed by atoms with E-state index in [-0.39, 0.29) is 24.9 Å². The molecule has 2 aromatic rings. The first kappa shape index (κ1) is 13.5. The summed E-state index contributed by atoms with van der Waals surface area (Å²) in [5.74, 6) is 0.181. The Balaban J connectivity index is 1.49. The van der Waals surface area contributed by atoms with Crippen molar-refractivity contribution in [1.82, 2.24) is 20.3 Å². The van der Waals surface area contributed by atoms with Gasteiger partial charge in [0.2, 0.25) is 5.91 Å². The van der Waals surface area contributed by atoms with Crippen LogP contribution in [0.3, 0.4) is 0 Å². The number of hydrogen-bond acceptors (Lipinski definition) is 4. The van der Waals surface area contributed by atoms with Gasteiger partial charge in [-0.05, 0) is 37.1 Å². The SMILES string of the molecule is O=C(Cn1cc(COc2ccc(F)cc2)nn1)NC1CC1. The topological polar surface area (TPSA) is 69.0 Å². The summed E-state index contributed by atoms with van der Waals surface area (Å²) in [7, 11) is 0. The average molecular weight is 290 g/mol. The first-order chi connectivity index (χ1) is 10.2. The molecule has 1 aliphatic carbocycles. The maximum atomic E-state index is 12.8. The molecule has 3 rings (SSSR count). The molecule has 0 saturated heterocycles. The van der Waals surface area contributed by atoms with E-state index in [1.54, 1.807) is 18.3 Å². The predicted octanol–water partition coefficient (Wildman–Crippen LogP) is 1.27. The van der Waals surface area contributed by atoms with Gasteiger partial charge in [-0.15, -0.1) is 5.10 Å². The highest BCUT2D eigenvalue weighted by atomic mass is 19.1. The standard InChI is InChI=1S/C14H15FN4O2/c15-10-1-5-13(6-2-10)21-9-12-7-19(18-17-12)8-14(20)16-11-3-4-11/h1-2,5-7,11H,3-4,8-9H2,(H,16,20). The number of nitrogens with one attached hydrogen (secondary N) is 1. The van der Waals surface area contributed by atoms with Crippen LogP contribution in [0.5, 0.6) is 5.75 Å². The number of nitrogens with zero attached hydrogens (tertiary/aromatic N) is 3. The van der Waals surface area contributed by atoms with E-state index in [2.05, 4.69) is 15.6 Å². The number of hydrogen-bond donors (Lipinski definition) is 1. The largest absolute Gasteiger partial charge is 0.487 e. The fourth-order valence-electron chi connectivity index (χ4n) is 1.82. The summed E-state index contributed by atoms with van der Waals surface area (Å²) in [6.07, 6.45) is 3.77. The molecule has 7 heteroatoms.